The first-order valence-corrected chi connectivity index (χ1v) is 15.8. The number of carbonyl (C=O) groups is 1. The minimum absolute atomic E-state index is 0. The van der Waals surface area contributed by atoms with Gasteiger partial charge in [0.05, 0.1) is 22.7 Å². The van der Waals surface area contributed by atoms with Gasteiger partial charge in [0.15, 0.2) is 19.3 Å². The van der Waals surface area contributed by atoms with Gasteiger partial charge in [0.2, 0.25) is 5.51 Å². The molecule has 0 bridgehead atoms. The Kier molecular flexibility index (Phi) is 17.7. The third-order valence-electron chi connectivity index (χ3n) is 6.70. The van der Waals surface area contributed by atoms with E-state index in [0.717, 1.165) is 23.4 Å². The van der Waals surface area contributed by atoms with Gasteiger partial charge in [0, 0.05) is 11.6 Å². The van der Waals surface area contributed by atoms with Crippen molar-refractivity contribution in [1.82, 2.24) is 0 Å². The summed E-state index contributed by atoms with van der Waals surface area (Å²) >= 11 is 8.03. The van der Waals surface area contributed by atoms with Gasteiger partial charge in [-0.1, -0.05) is 119 Å². The first kappa shape index (κ1) is 34.1. The van der Waals surface area contributed by atoms with Crippen LogP contribution in [0.15, 0.2) is 59.6 Å². The maximum atomic E-state index is 12.6. The average Bonchev–Trinajstić information content (AvgIpc) is 3.45. The molecular weight excluding hydrogens is 608 g/mol. The minimum Gasteiger partial charge on any atom is -1.00 e. The van der Waals surface area contributed by atoms with Crippen LogP contribution in [0.4, 0.5) is 5.69 Å². The maximum Gasteiger partial charge on any atom is 0.262 e. The summed E-state index contributed by atoms with van der Waals surface area (Å²) < 4.78 is 13.6. The molecule has 0 atom stereocenters. The molecule has 1 heterocycles. The van der Waals surface area contributed by atoms with Gasteiger partial charge < -0.3 is 31.8 Å². The van der Waals surface area contributed by atoms with Gasteiger partial charge in [-0.25, -0.2) is 0 Å². The summed E-state index contributed by atoms with van der Waals surface area (Å²) in [6.45, 7) is 3.51. The largest absolute Gasteiger partial charge is 1.00 e. The molecule has 0 unspecified atom stereocenters. The number of halogens is 2. The fourth-order valence-electron chi connectivity index (χ4n) is 4.48. The molecule has 1 aromatic heterocycles. The van der Waals surface area contributed by atoms with Crippen LogP contribution in [0.2, 0.25) is 5.02 Å². The van der Waals surface area contributed by atoms with E-state index >= 15 is 0 Å². The lowest BCUT2D eigenvalue weighted by Gasteiger charge is -2.12. The van der Waals surface area contributed by atoms with Gasteiger partial charge in [-0.15, -0.1) is 0 Å². The first-order valence-electron chi connectivity index (χ1n) is 14.5. The van der Waals surface area contributed by atoms with Crippen LogP contribution in [0.5, 0.6) is 11.5 Å². The van der Waals surface area contributed by atoms with E-state index in [1.807, 2.05) is 47.4 Å². The molecule has 0 saturated carbocycles. The number of thiazole rings is 1. The highest BCUT2D eigenvalue weighted by molar-refractivity contribution is 7.07. The van der Waals surface area contributed by atoms with E-state index in [9.17, 15) is 4.79 Å². The summed E-state index contributed by atoms with van der Waals surface area (Å²) in [6.07, 6.45) is 17.9. The summed E-state index contributed by atoms with van der Waals surface area (Å²) in [7, 11) is 0. The normalized spacial score (nSPS) is 10.7. The number of carbonyl (C=O) groups excluding carboxylic acids is 1. The standard InChI is InChI=1S/C32H43ClN2O3S.BrH/c1-2-3-4-5-6-7-8-9-10-11-12-15-21-37-28-18-19-31(29(33)23-28)38-25-32(36)34-30-17-14-13-16-27(30)24-35-20-22-39-26-35;/h13-14,16-20,22-23,26H,2-12,15,21,24-25H2,1H3;1H. The van der Waals surface area contributed by atoms with Gasteiger partial charge >= 0.3 is 0 Å². The summed E-state index contributed by atoms with van der Waals surface area (Å²) in [5.74, 6) is 0.951. The van der Waals surface area contributed by atoms with Gasteiger partial charge in [0.25, 0.3) is 5.91 Å². The number of aromatic nitrogens is 1. The fraction of sp³-hybridized carbons (Fsp3) is 0.500. The van der Waals surface area contributed by atoms with Gasteiger partial charge in [0.1, 0.15) is 11.5 Å². The molecule has 1 amide bonds. The average molecular weight is 652 g/mol. The van der Waals surface area contributed by atoms with Crippen LogP contribution in [0, 0.1) is 0 Å². The number of ether oxygens (including phenoxy) is 2. The minimum atomic E-state index is -0.235. The van der Waals surface area contributed by atoms with Crippen molar-refractivity contribution < 1.29 is 35.8 Å². The van der Waals surface area contributed by atoms with E-state index < -0.39 is 0 Å². The fourth-order valence-corrected chi connectivity index (χ4v) is 5.30. The third kappa shape index (κ3) is 13.5. The number of amides is 1. The Morgan fingerprint density at radius 2 is 1.57 bits per heavy atom. The van der Waals surface area contributed by atoms with Crippen LogP contribution in [0.1, 0.15) is 89.5 Å². The molecule has 1 N–H and O–H groups in total. The number of benzene rings is 2. The van der Waals surface area contributed by atoms with E-state index in [1.54, 1.807) is 23.5 Å². The number of rotatable bonds is 20. The molecule has 0 saturated heterocycles. The molecule has 40 heavy (non-hydrogen) atoms. The molecule has 3 aromatic rings. The van der Waals surface area contributed by atoms with Crippen molar-refractivity contribution in [2.45, 2.75) is 90.5 Å². The van der Waals surface area contributed by atoms with E-state index in [0.29, 0.717) is 23.9 Å². The zero-order valence-electron chi connectivity index (χ0n) is 23.7. The second-order valence-corrected chi connectivity index (χ2v) is 11.2. The van der Waals surface area contributed by atoms with Crippen molar-refractivity contribution in [2.24, 2.45) is 0 Å². The van der Waals surface area contributed by atoms with Gasteiger partial charge in [-0.2, -0.15) is 4.57 Å². The summed E-state index contributed by atoms with van der Waals surface area (Å²) in [4.78, 5) is 12.6. The molecule has 0 aliphatic heterocycles. The second-order valence-electron chi connectivity index (χ2n) is 10.0. The molecule has 8 heteroatoms. The molecule has 0 fully saturated rings. The number of anilines is 1. The van der Waals surface area contributed by atoms with Crippen molar-refractivity contribution in [1.29, 1.82) is 0 Å². The molecule has 220 valence electrons. The SMILES string of the molecule is CCCCCCCCCCCCCCOc1ccc(OCC(=O)Nc2ccccc2C[n+]2ccsc2)c(Cl)c1.[Br-]. The van der Waals surface area contributed by atoms with E-state index in [1.165, 1.54) is 70.6 Å². The van der Waals surface area contributed by atoms with Crippen LogP contribution in [0.3, 0.4) is 0 Å². The van der Waals surface area contributed by atoms with Gasteiger partial charge in [-0.3, -0.25) is 4.79 Å². The van der Waals surface area contributed by atoms with Crippen LogP contribution in [-0.2, 0) is 11.3 Å². The van der Waals surface area contributed by atoms with Crippen LogP contribution in [-0.4, -0.2) is 19.1 Å². The van der Waals surface area contributed by atoms with E-state index in [-0.39, 0.29) is 29.5 Å². The van der Waals surface area contributed by atoms with Crippen molar-refractivity contribution in [2.75, 3.05) is 18.5 Å². The third-order valence-corrected chi connectivity index (χ3v) is 7.67. The number of nitrogens with one attached hydrogen (secondary N) is 1. The summed E-state index contributed by atoms with van der Waals surface area (Å²) in [5, 5.41) is 5.41. The number of hydrogen-bond acceptors (Lipinski definition) is 4. The Balaban J connectivity index is 0.00000560. The van der Waals surface area contributed by atoms with E-state index in [2.05, 4.69) is 16.8 Å². The Morgan fingerprint density at radius 1 is 0.900 bits per heavy atom. The van der Waals surface area contributed by atoms with Crippen LogP contribution in [0.25, 0.3) is 0 Å². The predicted octanol–water partition coefficient (Wildman–Crippen LogP) is 5.84. The molecular formula is C32H44BrClN2O3S. The van der Waals surface area contributed by atoms with Crippen LogP contribution < -0.4 is 36.3 Å². The Hall–Kier alpha value is -2.09. The highest BCUT2D eigenvalue weighted by atomic mass is 79.9. The lowest BCUT2D eigenvalue weighted by Crippen LogP contribution is -3.00. The molecule has 5 nitrogen and oxygen atoms in total. The van der Waals surface area contributed by atoms with Crippen molar-refractivity contribution in [3.63, 3.8) is 0 Å². The second kappa shape index (κ2) is 20.7. The molecule has 3 rings (SSSR count). The number of para-hydroxylation sites is 1. The van der Waals surface area contributed by atoms with Crippen molar-refractivity contribution in [3.05, 3.63) is 70.1 Å². The van der Waals surface area contributed by atoms with Crippen LogP contribution >= 0.6 is 22.9 Å². The number of hydrogen-bond donors (Lipinski definition) is 1. The lowest BCUT2D eigenvalue weighted by atomic mass is 10.1. The Bertz CT molecular complexity index is 1100. The topological polar surface area (TPSA) is 51.4 Å². The Morgan fingerprint density at radius 3 is 2.23 bits per heavy atom. The molecule has 0 aliphatic carbocycles. The molecule has 2 aromatic carbocycles. The van der Waals surface area contributed by atoms with Gasteiger partial charge in [-0.05, 0) is 24.6 Å². The predicted molar refractivity (Wildman–Crippen MR) is 162 cm³/mol. The smallest absolute Gasteiger partial charge is 0.262 e. The number of unbranched alkanes of at least 4 members (excludes halogenated alkanes) is 11. The zero-order valence-corrected chi connectivity index (χ0v) is 26.9. The highest BCUT2D eigenvalue weighted by Crippen LogP contribution is 2.29. The number of nitrogens with zero attached hydrogens (tertiary/aromatic N) is 1. The van der Waals surface area contributed by atoms with Crippen molar-refractivity contribution in [3.8, 4) is 11.5 Å². The maximum absolute atomic E-state index is 12.6. The molecule has 0 spiro atoms. The zero-order chi connectivity index (χ0) is 27.5. The summed E-state index contributed by atoms with van der Waals surface area (Å²) in [5.41, 5.74) is 3.84. The molecule has 0 aliphatic rings. The molecule has 0 radical (unpaired) electrons. The first-order chi connectivity index (χ1) is 19.2. The van der Waals surface area contributed by atoms with Crippen molar-refractivity contribution >= 4 is 34.5 Å². The quantitative estimate of drug-likeness (QED) is 0.123. The Labute approximate surface area is 260 Å². The summed E-state index contributed by atoms with van der Waals surface area (Å²) in [6, 6.07) is 13.1. The lowest BCUT2D eigenvalue weighted by molar-refractivity contribution is -0.683. The monoisotopic (exact) mass is 650 g/mol. The van der Waals surface area contributed by atoms with E-state index in [4.69, 9.17) is 21.1 Å². The highest BCUT2D eigenvalue weighted by Gasteiger charge is 2.12.